The second-order valence-electron chi connectivity index (χ2n) is 4.41. The van der Waals surface area contributed by atoms with Crippen LogP contribution in [0.25, 0.3) is 0 Å². The Morgan fingerprint density at radius 2 is 1.74 bits per heavy atom. The van der Waals surface area contributed by atoms with E-state index in [4.69, 9.17) is 16.5 Å². The SMILES string of the molecule is O=C1Oc2ccccc2N(Cl)C1Cc1ccccc1. The number of hydrogen-bond acceptors (Lipinski definition) is 3. The van der Waals surface area contributed by atoms with E-state index in [-0.39, 0.29) is 5.97 Å². The Bertz CT molecular complexity index is 600. The van der Waals surface area contributed by atoms with Crippen LogP contribution >= 0.6 is 11.8 Å². The van der Waals surface area contributed by atoms with E-state index in [2.05, 4.69) is 0 Å². The van der Waals surface area contributed by atoms with E-state index in [0.29, 0.717) is 12.2 Å². The zero-order valence-electron chi connectivity index (χ0n) is 10.1. The molecule has 2 aromatic rings. The maximum absolute atomic E-state index is 12.0. The second-order valence-corrected chi connectivity index (χ2v) is 4.77. The summed E-state index contributed by atoms with van der Waals surface area (Å²) in [6.45, 7) is 0. The molecule has 1 atom stereocenters. The maximum atomic E-state index is 12.0. The van der Waals surface area contributed by atoms with Crippen LogP contribution in [0.15, 0.2) is 54.6 Å². The van der Waals surface area contributed by atoms with Gasteiger partial charge in [0.15, 0.2) is 5.75 Å². The topological polar surface area (TPSA) is 29.5 Å². The number of hydrogen-bond donors (Lipinski definition) is 0. The van der Waals surface area contributed by atoms with Gasteiger partial charge in [-0.1, -0.05) is 42.5 Å². The van der Waals surface area contributed by atoms with Gasteiger partial charge in [0.05, 0.1) is 5.69 Å². The van der Waals surface area contributed by atoms with Crippen molar-refractivity contribution < 1.29 is 9.53 Å². The van der Waals surface area contributed by atoms with Crippen LogP contribution in [0, 0.1) is 0 Å². The standard InChI is InChI=1S/C15H12ClNO2/c16-17-12-8-4-5-9-14(12)19-15(18)13(17)10-11-6-2-1-3-7-11/h1-9,13H,10H2. The number of benzene rings is 2. The lowest BCUT2D eigenvalue weighted by molar-refractivity contribution is -0.136. The average Bonchev–Trinajstić information content (AvgIpc) is 2.45. The summed E-state index contributed by atoms with van der Waals surface area (Å²) in [6.07, 6.45) is 0.525. The molecule has 0 N–H and O–H groups in total. The number of halogens is 1. The fourth-order valence-electron chi connectivity index (χ4n) is 2.16. The summed E-state index contributed by atoms with van der Waals surface area (Å²) in [5.41, 5.74) is 1.78. The summed E-state index contributed by atoms with van der Waals surface area (Å²) in [4.78, 5) is 12.0. The molecule has 96 valence electrons. The minimum Gasteiger partial charge on any atom is -0.423 e. The lowest BCUT2D eigenvalue weighted by Gasteiger charge is -2.31. The van der Waals surface area contributed by atoms with E-state index in [1.165, 1.54) is 4.42 Å². The number of anilines is 1. The molecule has 4 heteroatoms. The third kappa shape index (κ3) is 2.29. The minimum absolute atomic E-state index is 0.322. The molecular weight excluding hydrogens is 262 g/mol. The smallest absolute Gasteiger partial charge is 0.336 e. The fraction of sp³-hybridized carbons (Fsp3) is 0.133. The maximum Gasteiger partial charge on any atom is 0.336 e. The quantitative estimate of drug-likeness (QED) is 0.478. The van der Waals surface area contributed by atoms with E-state index in [0.717, 1.165) is 11.3 Å². The predicted molar refractivity (Wildman–Crippen MR) is 74.3 cm³/mol. The molecule has 0 aromatic heterocycles. The van der Waals surface area contributed by atoms with Crippen molar-refractivity contribution in [1.82, 2.24) is 0 Å². The van der Waals surface area contributed by atoms with Crippen LogP contribution in [0.5, 0.6) is 5.75 Å². The number of ether oxygens (including phenoxy) is 1. The summed E-state index contributed by atoms with van der Waals surface area (Å²) in [5.74, 6) is 0.185. The molecular formula is C15H12ClNO2. The van der Waals surface area contributed by atoms with Gasteiger partial charge in [0, 0.05) is 18.2 Å². The number of rotatable bonds is 2. The highest BCUT2D eigenvalue weighted by Crippen LogP contribution is 2.36. The molecule has 0 saturated heterocycles. The normalized spacial score (nSPS) is 17.8. The minimum atomic E-state index is -0.501. The first-order valence-corrected chi connectivity index (χ1v) is 6.39. The van der Waals surface area contributed by atoms with E-state index in [1.54, 1.807) is 6.07 Å². The van der Waals surface area contributed by atoms with Gasteiger partial charge in [-0.05, 0) is 17.7 Å². The molecule has 3 rings (SSSR count). The molecule has 1 aliphatic heterocycles. The molecule has 2 aromatic carbocycles. The predicted octanol–water partition coefficient (Wildman–Crippen LogP) is 3.18. The van der Waals surface area contributed by atoms with Gasteiger partial charge in [0.2, 0.25) is 0 Å². The van der Waals surface area contributed by atoms with E-state index < -0.39 is 6.04 Å². The molecule has 1 heterocycles. The van der Waals surface area contributed by atoms with Crippen molar-refractivity contribution in [3.8, 4) is 5.75 Å². The molecule has 1 unspecified atom stereocenters. The lowest BCUT2D eigenvalue weighted by Crippen LogP contribution is -2.43. The number of esters is 1. The zero-order chi connectivity index (χ0) is 13.2. The van der Waals surface area contributed by atoms with Crippen molar-refractivity contribution in [2.75, 3.05) is 4.42 Å². The Kier molecular flexibility index (Phi) is 3.13. The van der Waals surface area contributed by atoms with Crippen LogP contribution in [-0.4, -0.2) is 12.0 Å². The van der Waals surface area contributed by atoms with Crippen LogP contribution in [-0.2, 0) is 11.2 Å². The molecule has 1 aliphatic rings. The Morgan fingerprint density at radius 1 is 1.05 bits per heavy atom. The molecule has 0 fully saturated rings. The third-order valence-corrected chi connectivity index (χ3v) is 3.54. The number of carbonyl (C=O) groups excluding carboxylic acids is 1. The van der Waals surface area contributed by atoms with Crippen molar-refractivity contribution in [2.45, 2.75) is 12.5 Å². The fourth-order valence-corrected chi connectivity index (χ4v) is 2.45. The number of para-hydroxylation sites is 2. The second kappa shape index (κ2) is 4.94. The summed E-state index contributed by atoms with van der Waals surface area (Å²) in [5, 5.41) is 0. The molecule has 0 saturated carbocycles. The average molecular weight is 274 g/mol. The van der Waals surface area contributed by atoms with Crippen LogP contribution in [0.2, 0.25) is 0 Å². The van der Waals surface area contributed by atoms with Crippen molar-refractivity contribution in [3.05, 3.63) is 60.2 Å². The monoisotopic (exact) mass is 273 g/mol. The van der Waals surface area contributed by atoms with E-state index >= 15 is 0 Å². The third-order valence-electron chi connectivity index (χ3n) is 3.12. The largest absolute Gasteiger partial charge is 0.423 e. The zero-order valence-corrected chi connectivity index (χ0v) is 10.9. The molecule has 19 heavy (non-hydrogen) atoms. The van der Waals surface area contributed by atoms with Gasteiger partial charge in [-0.2, -0.15) is 0 Å². The van der Waals surface area contributed by atoms with Crippen LogP contribution in [0.4, 0.5) is 5.69 Å². The Labute approximate surface area is 116 Å². The first-order valence-electron chi connectivity index (χ1n) is 6.05. The van der Waals surface area contributed by atoms with Crippen LogP contribution < -0.4 is 9.16 Å². The first kappa shape index (κ1) is 12.1. The molecule has 0 spiro atoms. The van der Waals surface area contributed by atoms with E-state index in [9.17, 15) is 4.79 Å². The summed E-state index contributed by atoms with van der Waals surface area (Å²) in [6, 6.07) is 16.5. The first-order chi connectivity index (χ1) is 9.25. The van der Waals surface area contributed by atoms with Gasteiger partial charge in [0.25, 0.3) is 0 Å². The molecule has 3 nitrogen and oxygen atoms in total. The van der Waals surface area contributed by atoms with E-state index in [1.807, 2.05) is 48.5 Å². The van der Waals surface area contributed by atoms with Crippen molar-refractivity contribution >= 4 is 23.4 Å². The highest BCUT2D eigenvalue weighted by atomic mass is 35.5. The summed E-state index contributed by atoms with van der Waals surface area (Å²) < 4.78 is 6.79. The Hall–Kier alpha value is -2.00. The molecule has 0 bridgehead atoms. The molecule has 0 radical (unpaired) electrons. The van der Waals surface area contributed by atoms with Crippen molar-refractivity contribution in [1.29, 1.82) is 0 Å². The molecule has 0 aliphatic carbocycles. The Balaban J connectivity index is 1.89. The van der Waals surface area contributed by atoms with Gasteiger partial charge >= 0.3 is 5.97 Å². The lowest BCUT2D eigenvalue weighted by atomic mass is 10.0. The summed E-state index contributed by atoms with van der Waals surface area (Å²) in [7, 11) is 0. The number of fused-ring (bicyclic) bond motifs is 1. The van der Waals surface area contributed by atoms with Gasteiger partial charge in [-0.3, -0.25) is 4.42 Å². The van der Waals surface area contributed by atoms with Crippen LogP contribution in [0.3, 0.4) is 0 Å². The Morgan fingerprint density at radius 3 is 2.53 bits per heavy atom. The summed E-state index contributed by atoms with van der Waals surface area (Å²) >= 11 is 6.29. The number of carbonyl (C=O) groups is 1. The van der Waals surface area contributed by atoms with Crippen molar-refractivity contribution in [3.63, 3.8) is 0 Å². The van der Waals surface area contributed by atoms with Gasteiger partial charge in [0.1, 0.15) is 6.04 Å². The highest BCUT2D eigenvalue weighted by Gasteiger charge is 2.34. The van der Waals surface area contributed by atoms with Gasteiger partial charge < -0.3 is 4.74 Å². The number of nitrogens with zero attached hydrogens (tertiary/aromatic N) is 1. The van der Waals surface area contributed by atoms with Gasteiger partial charge in [-0.25, -0.2) is 4.79 Å². The highest BCUT2D eigenvalue weighted by molar-refractivity contribution is 6.28. The van der Waals surface area contributed by atoms with Crippen molar-refractivity contribution in [2.24, 2.45) is 0 Å². The van der Waals surface area contributed by atoms with Crippen LogP contribution in [0.1, 0.15) is 5.56 Å². The molecule has 0 amide bonds. The van der Waals surface area contributed by atoms with Gasteiger partial charge in [-0.15, -0.1) is 0 Å².